The second-order valence-corrected chi connectivity index (χ2v) is 5.51. The Labute approximate surface area is 126 Å². The summed E-state index contributed by atoms with van der Waals surface area (Å²) in [5.41, 5.74) is 2.90. The van der Waals surface area contributed by atoms with Crippen molar-refractivity contribution in [2.24, 2.45) is 0 Å². The third-order valence-corrected chi connectivity index (χ3v) is 3.78. The highest BCUT2D eigenvalue weighted by atomic mass is 16.2. The molecule has 21 heavy (non-hydrogen) atoms. The quantitative estimate of drug-likeness (QED) is 0.847. The smallest absolute Gasteiger partial charge is 0.257 e. The predicted octanol–water partition coefficient (Wildman–Crippen LogP) is 2.97. The van der Waals surface area contributed by atoms with Crippen molar-refractivity contribution in [3.63, 3.8) is 0 Å². The van der Waals surface area contributed by atoms with Gasteiger partial charge >= 0.3 is 0 Å². The van der Waals surface area contributed by atoms with E-state index in [4.69, 9.17) is 0 Å². The van der Waals surface area contributed by atoms with E-state index < -0.39 is 0 Å². The molecule has 4 heteroatoms. The van der Waals surface area contributed by atoms with Crippen LogP contribution in [-0.4, -0.2) is 33.7 Å². The molecule has 112 valence electrons. The van der Waals surface area contributed by atoms with E-state index in [0.717, 1.165) is 12.1 Å². The van der Waals surface area contributed by atoms with Crippen molar-refractivity contribution in [1.29, 1.82) is 0 Å². The van der Waals surface area contributed by atoms with Crippen LogP contribution in [0.1, 0.15) is 42.4 Å². The molecule has 0 fully saturated rings. The molecule has 1 aromatic carbocycles. The summed E-state index contributed by atoms with van der Waals surface area (Å²) in [7, 11) is 1.83. The van der Waals surface area contributed by atoms with Crippen molar-refractivity contribution in [2.45, 2.75) is 39.8 Å². The molecule has 0 aliphatic heterocycles. The molecule has 0 atom stereocenters. The summed E-state index contributed by atoms with van der Waals surface area (Å²) in [6.45, 7) is 6.78. The Morgan fingerprint density at radius 3 is 2.52 bits per heavy atom. The average molecular weight is 285 g/mol. The molecule has 4 nitrogen and oxygen atoms in total. The highest BCUT2D eigenvalue weighted by Gasteiger charge is 2.21. The summed E-state index contributed by atoms with van der Waals surface area (Å²) < 4.78 is 1.93. The highest BCUT2D eigenvalue weighted by Crippen LogP contribution is 2.15. The van der Waals surface area contributed by atoms with Crippen molar-refractivity contribution in [3.8, 4) is 0 Å². The van der Waals surface area contributed by atoms with Gasteiger partial charge in [0, 0.05) is 13.1 Å². The molecule has 0 saturated heterocycles. The summed E-state index contributed by atoms with van der Waals surface area (Å²) in [5.74, 6) is 0.0427. The second kappa shape index (κ2) is 6.57. The van der Waals surface area contributed by atoms with Crippen LogP contribution in [0.4, 0.5) is 0 Å². The van der Waals surface area contributed by atoms with Crippen LogP contribution >= 0.6 is 0 Å². The summed E-state index contributed by atoms with van der Waals surface area (Å²) in [6.07, 6.45) is 2.49. The molecule has 1 amide bonds. The van der Waals surface area contributed by atoms with Gasteiger partial charge in [0.15, 0.2) is 0 Å². The third kappa shape index (κ3) is 3.32. The minimum atomic E-state index is 0.0427. The van der Waals surface area contributed by atoms with Gasteiger partial charge in [-0.15, -0.1) is 0 Å². The van der Waals surface area contributed by atoms with E-state index >= 15 is 0 Å². The fraction of sp³-hybridized carbons (Fsp3) is 0.412. The number of carbonyl (C=O) groups is 1. The van der Waals surface area contributed by atoms with Gasteiger partial charge in [0.25, 0.3) is 5.91 Å². The second-order valence-electron chi connectivity index (χ2n) is 5.51. The van der Waals surface area contributed by atoms with Gasteiger partial charge in [0.1, 0.15) is 0 Å². The first-order valence-corrected chi connectivity index (χ1v) is 7.40. The topological polar surface area (TPSA) is 38.1 Å². The van der Waals surface area contributed by atoms with Gasteiger partial charge in [-0.1, -0.05) is 37.3 Å². The normalized spacial score (nSPS) is 10.9. The highest BCUT2D eigenvalue weighted by molar-refractivity contribution is 5.95. The Kier molecular flexibility index (Phi) is 4.78. The average Bonchev–Trinajstić information content (AvgIpc) is 2.89. The summed E-state index contributed by atoms with van der Waals surface area (Å²) in [5, 5.41) is 4.41. The van der Waals surface area contributed by atoms with Gasteiger partial charge < -0.3 is 4.90 Å². The number of rotatable bonds is 5. The number of hydrogen-bond acceptors (Lipinski definition) is 2. The number of hydrogen-bond donors (Lipinski definition) is 0. The van der Waals surface area contributed by atoms with Crippen molar-refractivity contribution in [3.05, 3.63) is 53.3 Å². The number of aromatic nitrogens is 2. The van der Waals surface area contributed by atoms with E-state index in [9.17, 15) is 4.79 Å². The maximum absolute atomic E-state index is 12.5. The molecular weight excluding hydrogens is 262 g/mol. The third-order valence-electron chi connectivity index (χ3n) is 3.78. The van der Waals surface area contributed by atoms with Crippen LogP contribution in [0, 0.1) is 0 Å². The van der Waals surface area contributed by atoms with E-state index in [1.165, 1.54) is 5.56 Å². The first kappa shape index (κ1) is 15.3. The molecule has 0 aliphatic rings. The molecule has 0 saturated carbocycles. The molecule has 0 N–H and O–H groups in total. The molecule has 0 bridgehead atoms. The Bertz CT molecular complexity index is 602. The lowest BCUT2D eigenvalue weighted by Crippen LogP contribution is -2.33. The first-order valence-electron chi connectivity index (χ1n) is 7.40. The summed E-state index contributed by atoms with van der Waals surface area (Å²) >= 11 is 0. The van der Waals surface area contributed by atoms with Crippen LogP contribution in [-0.2, 0) is 13.0 Å². The zero-order valence-electron chi connectivity index (χ0n) is 13.2. The molecule has 0 aliphatic carbocycles. The molecule has 2 rings (SSSR count). The lowest BCUT2D eigenvalue weighted by atomic mass is 10.1. The molecule has 1 heterocycles. The van der Waals surface area contributed by atoms with E-state index in [2.05, 4.69) is 24.2 Å². The minimum Gasteiger partial charge on any atom is -0.339 e. The Morgan fingerprint density at radius 1 is 1.29 bits per heavy atom. The summed E-state index contributed by atoms with van der Waals surface area (Å²) in [4.78, 5) is 14.3. The van der Waals surface area contributed by atoms with E-state index in [1.807, 2.05) is 43.8 Å². The lowest BCUT2D eigenvalue weighted by molar-refractivity contribution is 0.0753. The van der Waals surface area contributed by atoms with Crippen LogP contribution in [0.2, 0.25) is 0 Å². The zero-order valence-corrected chi connectivity index (χ0v) is 13.2. The van der Waals surface area contributed by atoms with Crippen LogP contribution in [0.25, 0.3) is 0 Å². The monoisotopic (exact) mass is 285 g/mol. The van der Waals surface area contributed by atoms with E-state index in [-0.39, 0.29) is 11.9 Å². The van der Waals surface area contributed by atoms with Crippen LogP contribution < -0.4 is 0 Å². The van der Waals surface area contributed by atoms with Crippen molar-refractivity contribution in [1.82, 2.24) is 14.7 Å². The number of nitrogens with zero attached hydrogens (tertiary/aromatic N) is 3. The predicted molar refractivity (Wildman–Crippen MR) is 84.4 cm³/mol. The molecule has 0 unspecified atom stereocenters. The van der Waals surface area contributed by atoms with Crippen molar-refractivity contribution < 1.29 is 4.79 Å². The largest absolute Gasteiger partial charge is 0.339 e. The lowest BCUT2D eigenvalue weighted by Gasteiger charge is -2.21. The van der Waals surface area contributed by atoms with Gasteiger partial charge in [0.2, 0.25) is 0 Å². The maximum atomic E-state index is 12.5. The number of carbonyl (C=O) groups excluding carboxylic acids is 1. The SMILES string of the molecule is CCc1c(C(=O)N(C)C(C)C)cnn1Cc1ccccc1. The first-order chi connectivity index (χ1) is 10.0. The Balaban J connectivity index is 2.28. The standard InChI is InChI=1S/C17H23N3O/c1-5-16-15(17(21)19(4)13(2)3)11-18-20(16)12-14-9-7-6-8-10-14/h6-11,13H,5,12H2,1-4H3. The Morgan fingerprint density at radius 2 is 1.95 bits per heavy atom. The van der Waals surface area contributed by atoms with Crippen molar-refractivity contribution >= 4 is 5.91 Å². The molecule has 2 aromatic rings. The van der Waals surface area contributed by atoms with Crippen LogP contribution in [0.3, 0.4) is 0 Å². The van der Waals surface area contributed by atoms with Gasteiger partial charge in [-0.25, -0.2) is 0 Å². The van der Waals surface area contributed by atoms with Crippen molar-refractivity contribution in [2.75, 3.05) is 7.05 Å². The Hall–Kier alpha value is -2.10. The zero-order chi connectivity index (χ0) is 15.4. The minimum absolute atomic E-state index is 0.0427. The molecule has 1 aromatic heterocycles. The fourth-order valence-corrected chi connectivity index (χ4v) is 2.28. The molecule has 0 spiro atoms. The molecular formula is C17H23N3O. The fourth-order valence-electron chi connectivity index (χ4n) is 2.28. The summed E-state index contributed by atoms with van der Waals surface area (Å²) in [6, 6.07) is 10.4. The van der Waals surface area contributed by atoms with Gasteiger partial charge in [0.05, 0.1) is 24.0 Å². The van der Waals surface area contributed by atoms with E-state index in [1.54, 1.807) is 11.1 Å². The van der Waals surface area contributed by atoms with Crippen LogP contribution in [0.5, 0.6) is 0 Å². The van der Waals surface area contributed by atoms with Gasteiger partial charge in [-0.2, -0.15) is 5.10 Å². The van der Waals surface area contributed by atoms with Gasteiger partial charge in [-0.3, -0.25) is 9.48 Å². The number of amides is 1. The number of benzene rings is 1. The van der Waals surface area contributed by atoms with Gasteiger partial charge in [-0.05, 0) is 25.8 Å². The maximum Gasteiger partial charge on any atom is 0.257 e. The van der Waals surface area contributed by atoms with Crippen LogP contribution in [0.15, 0.2) is 36.5 Å². The molecule has 0 radical (unpaired) electrons. The van der Waals surface area contributed by atoms with E-state index in [0.29, 0.717) is 12.1 Å².